The van der Waals surface area contributed by atoms with Gasteiger partial charge in [-0.05, 0) is 43.1 Å². The Balaban J connectivity index is 1.78. The number of carbonyl (C=O) groups is 1. The number of benzene rings is 2. The molecule has 0 aliphatic carbocycles. The first-order chi connectivity index (χ1) is 13.7. The summed E-state index contributed by atoms with van der Waals surface area (Å²) in [6.45, 7) is 3.17. The summed E-state index contributed by atoms with van der Waals surface area (Å²) in [6.07, 6.45) is 3.32. The van der Waals surface area contributed by atoms with Gasteiger partial charge >= 0.3 is 0 Å². The molecule has 1 amide bonds. The van der Waals surface area contributed by atoms with E-state index < -0.39 is 26.4 Å². The molecule has 0 aromatic heterocycles. The Bertz CT molecular complexity index is 1030. The van der Waals surface area contributed by atoms with Crippen LogP contribution in [0.15, 0.2) is 47.4 Å². The van der Waals surface area contributed by atoms with Crippen LogP contribution in [0.3, 0.4) is 0 Å². The molecule has 0 spiro atoms. The van der Waals surface area contributed by atoms with Gasteiger partial charge in [-0.3, -0.25) is 19.8 Å². The Labute approximate surface area is 169 Å². The Morgan fingerprint density at radius 2 is 1.79 bits per heavy atom. The quantitative estimate of drug-likeness (QED) is 0.548. The van der Waals surface area contributed by atoms with Crippen molar-refractivity contribution in [2.45, 2.75) is 30.8 Å². The number of hydrogen-bond acceptors (Lipinski definition) is 6. The van der Waals surface area contributed by atoms with Gasteiger partial charge in [-0.1, -0.05) is 24.3 Å². The summed E-state index contributed by atoms with van der Waals surface area (Å²) in [5, 5.41) is 13.9. The lowest BCUT2D eigenvalue weighted by Crippen LogP contribution is -2.25. The van der Waals surface area contributed by atoms with E-state index in [-0.39, 0.29) is 17.0 Å². The molecule has 0 saturated carbocycles. The van der Waals surface area contributed by atoms with E-state index in [1.54, 1.807) is 0 Å². The largest absolute Gasteiger partial charge is 0.348 e. The van der Waals surface area contributed by atoms with Gasteiger partial charge in [0.05, 0.1) is 9.82 Å². The van der Waals surface area contributed by atoms with Gasteiger partial charge in [-0.25, -0.2) is 8.42 Å². The second-order valence-corrected chi connectivity index (χ2v) is 9.20. The predicted molar refractivity (Wildman–Crippen MR) is 108 cm³/mol. The highest BCUT2D eigenvalue weighted by Gasteiger charge is 2.19. The molecular weight excluding hydrogens is 394 g/mol. The number of amides is 1. The van der Waals surface area contributed by atoms with E-state index >= 15 is 0 Å². The Morgan fingerprint density at radius 1 is 1.14 bits per heavy atom. The van der Waals surface area contributed by atoms with Crippen LogP contribution in [0.25, 0.3) is 0 Å². The number of nitrogens with one attached hydrogen (secondary N) is 1. The summed E-state index contributed by atoms with van der Waals surface area (Å²) in [5.74, 6) is -0.561. The van der Waals surface area contributed by atoms with E-state index in [1.807, 2.05) is 24.3 Å². The van der Waals surface area contributed by atoms with Crippen molar-refractivity contribution in [3.8, 4) is 0 Å². The second-order valence-electron chi connectivity index (χ2n) is 7.18. The van der Waals surface area contributed by atoms with Gasteiger partial charge in [0.15, 0.2) is 9.84 Å². The Hall–Kier alpha value is -2.78. The Kier molecular flexibility index (Phi) is 6.29. The standard InChI is InChI=1S/C20H23N3O5S/c1-29(27,28)19-11-17(10-18(12-19)23(25)26)20(24)21-13-15-6-2-3-7-16(15)14-22-8-4-5-9-22/h2-3,6-7,10-12H,4-5,8-9,13-14H2,1H3,(H,21,24). The monoisotopic (exact) mass is 417 g/mol. The van der Waals surface area contributed by atoms with Crippen molar-refractivity contribution < 1.29 is 18.1 Å². The average molecular weight is 417 g/mol. The molecule has 8 nitrogen and oxygen atoms in total. The fourth-order valence-electron chi connectivity index (χ4n) is 3.38. The molecule has 9 heteroatoms. The van der Waals surface area contributed by atoms with Crippen molar-refractivity contribution in [3.05, 3.63) is 69.3 Å². The van der Waals surface area contributed by atoms with E-state index in [0.717, 1.165) is 55.2 Å². The third kappa shape index (κ3) is 5.39. The summed E-state index contributed by atoms with van der Waals surface area (Å²) in [4.78, 5) is 25.1. The average Bonchev–Trinajstić information content (AvgIpc) is 3.19. The number of likely N-dealkylation sites (tertiary alicyclic amines) is 1. The normalized spacial score (nSPS) is 14.7. The van der Waals surface area contributed by atoms with Crippen LogP contribution in [0.5, 0.6) is 0 Å². The fraction of sp³-hybridized carbons (Fsp3) is 0.350. The molecule has 1 fully saturated rings. The van der Waals surface area contributed by atoms with Crippen molar-refractivity contribution in [2.75, 3.05) is 19.3 Å². The first-order valence-electron chi connectivity index (χ1n) is 9.31. The maximum absolute atomic E-state index is 12.6. The van der Waals surface area contributed by atoms with Crippen molar-refractivity contribution in [1.82, 2.24) is 10.2 Å². The summed E-state index contributed by atoms with van der Waals surface area (Å²) in [5.41, 5.74) is 1.58. The van der Waals surface area contributed by atoms with Crippen LogP contribution in [0.2, 0.25) is 0 Å². The minimum Gasteiger partial charge on any atom is -0.348 e. The molecule has 0 bridgehead atoms. The second kappa shape index (κ2) is 8.71. The molecule has 2 aromatic carbocycles. The zero-order valence-electron chi connectivity index (χ0n) is 16.1. The smallest absolute Gasteiger partial charge is 0.271 e. The first-order valence-corrected chi connectivity index (χ1v) is 11.2. The van der Waals surface area contributed by atoms with Crippen LogP contribution in [-0.2, 0) is 22.9 Å². The van der Waals surface area contributed by atoms with Crippen LogP contribution in [0.4, 0.5) is 5.69 Å². The number of rotatable bonds is 7. The molecule has 1 N–H and O–H groups in total. The van der Waals surface area contributed by atoms with Gasteiger partial charge in [0, 0.05) is 37.0 Å². The van der Waals surface area contributed by atoms with Crippen molar-refractivity contribution >= 4 is 21.4 Å². The van der Waals surface area contributed by atoms with E-state index in [2.05, 4.69) is 10.2 Å². The molecule has 1 aliphatic heterocycles. The maximum atomic E-state index is 12.6. The molecule has 154 valence electrons. The third-order valence-corrected chi connectivity index (χ3v) is 6.03. The van der Waals surface area contributed by atoms with Gasteiger partial charge in [0.1, 0.15) is 0 Å². The van der Waals surface area contributed by atoms with E-state index in [4.69, 9.17) is 0 Å². The SMILES string of the molecule is CS(=O)(=O)c1cc(C(=O)NCc2ccccc2CN2CCCC2)cc([N+](=O)[O-])c1. The fourth-order valence-corrected chi connectivity index (χ4v) is 4.05. The zero-order valence-corrected chi connectivity index (χ0v) is 16.9. The van der Waals surface area contributed by atoms with E-state index in [0.29, 0.717) is 0 Å². The van der Waals surface area contributed by atoms with Crippen molar-refractivity contribution in [3.63, 3.8) is 0 Å². The molecule has 0 radical (unpaired) electrons. The summed E-state index contributed by atoms with van der Waals surface area (Å²) in [7, 11) is -3.69. The van der Waals surface area contributed by atoms with Gasteiger partial charge in [-0.2, -0.15) is 0 Å². The lowest BCUT2D eigenvalue weighted by molar-refractivity contribution is -0.385. The van der Waals surface area contributed by atoms with Gasteiger partial charge in [0.2, 0.25) is 0 Å². The molecule has 3 rings (SSSR count). The van der Waals surface area contributed by atoms with Crippen LogP contribution in [-0.4, -0.2) is 43.5 Å². The molecular formula is C20H23N3O5S. The summed E-state index contributed by atoms with van der Waals surface area (Å²) < 4.78 is 23.6. The third-order valence-electron chi connectivity index (χ3n) is 4.94. The molecule has 0 unspecified atom stereocenters. The highest BCUT2D eigenvalue weighted by atomic mass is 32.2. The van der Waals surface area contributed by atoms with Crippen LogP contribution in [0.1, 0.15) is 34.3 Å². The number of nitro groups is 1. The molecule has 0 atom stereocenters. The van der Waals surface area contributed by atoms with Crippen LogP contribution < -0.4 is 5.32 Å². The molecule has 1 aliphatic rings. The number of non-ortho nitro benzene ring substituents is 1. The molecule has 2 aromatic rings. The Morgan fingerprint density at radius 3 is 2.41 bits per heavy atom. The number of sulfone groups is 1. The first kappa shape index (κ1) is 20.9. The lowest BCUT2D eigenvalue weighted by atomic mass is 10.1. The summed E-state index contributed by atoms with van der Waals surface area (Å²) >= 11 is 0. The lowest BCUT2D eigenvalue weighted by Gasteiger charge is -2.17. The number of nitrogens with zero attached hydrogens (tertiary/aromatic N) is 2. The van der Waals surface area contributed by atoms with Gasteiger partial charge < -0.3 is 5.32 Å². The highest BCUT2D eigenvalue weighted by Crippen LogP contribution is 2.21. The van der Waals surface area contributed by atoms with E-state index in [9.17, 15) is 23.3 Å². The predicted octanol–water partition coefficient (Wildman–Crippen LogP) is 2.52. The zero-order chi connectivity index (χ0) is 21.0. The van der Waals surface area contributed by atoms with E-state index in [1.165, 1.54) is 12.8 Å². The minimum absolute atomic E-state index is 0.0587. The topological polar surface area (TPSA) is 110 Å². The number of carbonyl (C=O) groups excluding carboxylic acids is 1. The van der Waals surface area contributed by atoms with Crippen LogP contribution >= 0.6 is 0 Å². The molecule has 1 heterocycles. The maximum Gasteiger partial charge on any atom is 0.271 e. The summed E-state index contributed by atoms with van der Waals surface area (Å²) in [6, 6.07) is 11.0. The van der Waals surface area contributed by atoms with Crippen molar-refractivity contribution in [2.24, 2.45) is 0 Å². The van der Waals surface area contributed by atoms with Crippen molar-refractivity contribution in [1.29, 1.82) is 0 Å². The van der Waals surface area contributed by atoms with Gasteiger partial charge in [-0.15, -0.1) is 0 Å². The molecule has 29 heavy (non-hydrogen) atoms. The molecule has 1 saturated heterocycles. The number of hydrogen-bond donors (Lipinski definition) is 1. The number of nitro benzene ring substituents is 1. The van der Waals surface area contributed by atoms with Crippen LogP contribution in [0, 0.1) is 10.1 Å². The highest BCUT2D eigenvalue weighted by molar-refractivity contribution is 7.90. The van der Waals surface area contributed by atoms with Gasteiger partial charge in [0.25, 0.3) is 11.6 Å². The minimum atomic E-state index is -3.69.